The highest BCUT2D eigenvalue weighted by Crippen LogP contribution is 2.27. The van der Waals surface area contributed by atoms with Crippen LogP contribution in [0.5, 0.6) is 5.75 Å². The largest absolute Gasteiger partial charge is 0.491 e. The number of hydrogen-bond donors (Lipinski definition) is 1. The second-order valence-corrected chi connectivity index (χ2v) is 6.01. The van der Waals surface area contributed by atoms with Crippen LogP contribution in [0.15, 0.2) is 36.4 Å². The van der Waals surface area contributed by atoms with Gasteiger partial charge in [-0.15, -0.1) is 0 Å². The summed E-state index contributed by atoms with van der Waals surface area (Å²) in [6, 6.07) is 10.9. The van der Waals surface area contributed by atoms with Gasteiger partial charge in [-0.1, -0.05) is 37.6 Å². The van der Waals surface area contributed by atoms with Crippen LogP contribution in [-0.4, -0.2) is 13.2 Å². The molecule has 0 heterocycles. The molecule has 0 saturated heterocycles. The Morgan fingerprint density at radius 3 is 2.64 bits per heavy atom. The molecule has 0 aliphatic rings. The van der Waals surface area contributed by atoms with Gasteiger partial charge in [0.15, 0.2) is 0 Å². The molecule has 0 amide bonds. The molecule has 0 aliphatic carbocycles. The van der Waals surface area contributed by atoms with Crippen molar-refractivity contribution >= 4 is 17.3 Å². The fourth-order valence-corrected chi connectivity index (χ4v) is 2.39. The number of nitrogens with one attached hydrogen (secondary N) is 1. The van der Waals surface area contributed by atoms with E-state index < -0.39 is 5.82 Å². The Morgan fingerprint density at radius 1 is 1.18 bits per heavy atom. The maximum Gasteiger partial charge on any atom is 0.141 e. The standard InChI is InChI=1S/C18H21ClFNO/c1-12(2)15-6-4-13(3)10-18(15)22-9-8-21-14-5-7-17(20)16(19)11-14/h4-7,10-12,21H,8-9H2,1-3H3. The zero-order valence-corrected chi connectivity index (χ0v) is 13.9. The fourth-order valence-electron chi connectivity index (χ4n) is 2.21. The van der Waals surface area contributed by atoms with Crippen LogP contribution in [-0.2, 0) is 0 Å². The van der Waals surface area contributed by atoms with E-state index in [-0.39, 0.29) is 5.02 Å². The number of hydrogen-bond acceptors (Lipinski definition) is 2. The van der Waals surface area contributed by atoms with Gasteiger partial charge >= 0.3 is 0 Å². The van der Waals surface area contributed by atoms with Crippen molar-refractivity contribution in [1.82, 2.24) is 0 Å². The van der Waals surface area contributed by atoms with Gasteiger partial charge in [0.25, 0.3) is 0 Å². The van der Waals surface area contributed by atoms with Crippen molar-refractivity contribution in [2.24, 2.45) is 0 Å². The number of benzene rings is 2. The molecule has 118 valence electrons. The Bertz CT molecular complexity index is 643. The van der Waals surface area contributed by atoms with Gasteiger partial charge in [0.1, 0.15) is 18.2 Å². The first kappa shape index (κ1) is 16.6. The number of ether oxygens (including phenoxy) is 1. The summed E-state index contributed by atoms with van der Waals surface area (Å²) in [4.78, 5) is 0. The third-order valence-corrected chi connectivity index (χ3v) is 3.69. The minimum absolute atomic E-state index is 0.117. The molecule has 0 fully saturated rings. The molecule has 0 atom stereocenters. The average Bonchev–Trinajstić information content (AvgIpc) is 2.47. The lowest BCUT2D eigenvalue weighted by Crippen LogP contribution is -2.12. The van der Waals surface area contributed by atoms with Gasteiger partial charge in [-0.3, -0.25) is 0 Å². The highest BCUT2D eigenvalue weighted by Gasteiger charge is 2.08. The molecule has 2 aromatic rings. The predicted octanol–water partition coefficient (Wildman–Crippen LogP) is 5.40. The highest BCUT2D eigenvalue weighted by molar-refractivity contribution is 6.31. The molecule has 22 heavy (non-hydrogen) atoms. The molecular formula is C18H21ClFNO. The molecule has 2 nitrogen and oxygen atoms in total. The molecule has 0 bridgehead atoms. The molecule has 0 spiro atoms. The van der Waals surface area contributed by atoms with Crippen molar-refractivity contribution in [2.75, 3.05) is 18.5 Å². The first-order valence-electron chi connectivity index (χ1n) is 7.39. The van der Waals surface area contributed by atoms with E-state index in [1.54, 1.807) is 12.1 Å². The van der Waals surface area contributed by atoms with E-state index >= 15 is 0 Å². The van der Waals surface area contributed by atoms with Crippen LogP contribution in [0.4, 0.5) is 10.1 Å². The van der Waals surface area contributed by atoms with E-state index in [0.29, 0.717) is 19.1 Å². The molecule has 0 unspecified atom stereocenters. The van der Waals surface area contributed by atoms with Crippen LogP contribution in [0.3, 0.4) is 0 Å². The SMILES string of the molecule is Cc1ccc(C(C)C)c(OCCNc2ccc(F)c(Cl)c2)c1. The van der Waals surface area contributed by atoms with Gasteiger partial charge in [0.2, 0.25) is 0 Å². The summed E-state index contributed by atoms with van der Waals surface area (Å²) >= 11 is 5.75. The third-order valence-electron chi connectivity index (χ3n) is 3.40. The Hall–Kier alpha value is -1.74. The molecule has 0 aliphatic heterocycles. The fraction of sp³-hybridized carbons (Fsp3) is 0.333. The second-order valence-electron chi connectivity index (χ2n) is 5.60. The van der Waals surface area contributed by atoms with Crippen molar-refractivity contribution in [3.8, 4) is 5.75 Å². The lowest BCUT2D eigenvalue weighted by atomic mass is 10.0. The van der Waals surface area contributed by atoms with Gasteiger partial charge in [-0.2, -0.15) is 0 Å². The van der Waals surface area contributed by atoms with Gasteiger partial charge in [-0.05, 0) is 48.2 Å². The zero-order valence-electron chi connectivity index (χ0n) is 13.1. The van der Waals surface area contributed by atoms with Crippen LogP contribution >= 0.6 is 11.6 Å². The predicted molar refractivity (Wildman–Crippen MR) is 90.7 cm³/mol. The van der Waals surface area contributed by atoms with Crippen molar-refractivity contribution in [3.63, 3.8) is 0 Å². The van der Waals surface area contributed by atoms with Crippen LogP contribution in [0.2, 0.25) is 5.02 Å². The van der Waals surface area contributed by atoms with Crippen molar-refractivity contribution in [1.29, 1.82) is 0 Å². The van der Waals surface area contributed by atoms with E-state index in [0.717, 1.165) is 11.4 Å². The molecule has 4 heteroatoms. The lowest BCUT2D eigenvalue weighted by Gasteiger charge is -2.15. The van der Waals surface area contributed by atoms with Crippen LogP contribution in [0, 0.1) is 12.7 Å². The number of aryl methyl sites for hydroxylation is 1. The maximum absolute atomic E-state index is 13.1. The summed E-state index contributed by atoms with van der Waals surface area (Å²) in [6.07, 6.45) is 0. The Balaban J connectivity index is 1.91. The summed E-state index contributed by atoms with van der Waals surface area (Å²) in [5.41, 5.74) is 3.16. The number of rotatable bonds is 6. The molecule has 2 aromatic carbocycles. The summed E-state index contributed by atoms with van der Waals surface area (Å²) in [5, 5.41) is 3.29. The second kappa shape index (κ2) is 7.50. The molecule has 1 N–H and O–H groups in total. The van der Waals surface area contributed by atoms with E-state index in [9.17, 15) is 4.39 Å². The van der Waals surface area contributed by atoms with E-state index in [1.807, 2.05) is 0 Å². The molecule has 0 saturated carbocycles. The summed E-state index contributed by atoms with van der Waals surface area (Å²) in [5.74, 6) is 0.929. The van der Waals surface area contributed by atoms with Crippen molar-refractivity contribution in [2.45, 2.75) is 26.7 Å². The van der Waals surface area contributed by atoms with Crippen LogP contribution in [0.1, 0.15) is 30.9 Å². The molecule has 2 rings (SSSR count). The Kier molecular flexibility index (Phi) is 5.67. The first-order chi connectivity index (χ1) is 10.5. The highest BCUT2D eigenvalue weighted by atomic mass is 35.5. The maximum atomic E-state index is 13.1. The summed E-state index contributed by atoms with van der Waals surface area (Å²) in [6.45, 7) is 7.49. The third kappa shape index (κ3) is 4.38. The minimum atomic E-state index is -0.412. The van der Waals surface area contributed by atoms with Crippen LogP contribution < -0.4 is 10.1 Å². The lowest BCUT2D eigenvalue weighted by molar-refractivity contribution is 0.328. The molecular weight excluding hydrogens is 301 g/mol. The minimum Gasteiger partial charge on any atom is -0.491 e. The van der Waals surface area contributed by atoms with E-state index in [1.165, 1.54) is 17.2 Å². The molecule has 0 aromatic heterocycles. The monoisotopic (exact) mass is 321 g/mol. The van der Waals surface area contributed by atoms with Gasteiger partial charge < -0.3 is 10.1 Å². The van der Waals surface area contributed by atoms with Crippen LogP contribution in [0.25, 0.3) is 0 Å². The smallest absolute Gasteiger partial charge is 0.141 e. The van der Waals surface area contributed by atoms with E-state index in [2.05, 4.69) is 44.3 Å². The van der Waals surface area contributed by atoms with Crippen molar-refractivity contribution in [3.05, 3.63) is 58.4 Å². The van der Waals surface area contributed by atoms with E-state index in [4.69, 9.17) is 16.3 Å². The van der Waals surface area contributed by atoms with Gasteiger partial charge in [-0.25, -0.2) is 4.39 Å². The summed E-state index contributed by atoms with van der Waals surface area (Å²) < 4.78 is 19.0. The zero-order chi connectivity index (χ0) is 16.1. The van der Waals surface area contributed by atoms with Gasteiger partial charge in [0, 0.05) is 12.2 Å². The topological polar surface area (TPSA) is 21.3 Å². The Morgan fingerprint density at radius 2 is 1.95 bits per heavy atom. The summed E-state index contributed by atoms with van der Waals surface area (Å²) in [7, 11) is 0. The van der Waals surface area contributed by atoms with Gasteiger partial charge in [0.05, 0.1) is 5.02 Å². The molecule has 0 radical (unpaired) electrons. The quantitative estimate of drug-likeness (QED) is 0.719. The number of anilines is 1. The Labute approximate surface area is 136 Å². The first-order valence-corrected chi connectivity index (χ1v) is 7.77. The number of halogens is 2. The van der Waals surface area contributed by atoms with Crippen molar-refractivity contribution < 1.29 is 9.13 Å². The normalized spacial score (nSPS) is 10.8. The average molecular weight is 322 g/mol.